The molecule has 0 aliphatic carbocycles. The average Bonchev–Trinajstić information content (AvgIpc) is 2.33. The first-order chi connectivity index (χ1) is 6.40. The Balaban J connectivity index is 2.46. The molecule has 0 spiro atoms. The molecule has 0 unspecified atom stereocenters. The number of hydrogen-bond donors (Lipinski definition) is 0. The molecular formula is C10H17BrN2O. The maximum absolute atomic E-state index is 5.65. The summed E-state index contributed by atoms with van der Waals surface area (Å²) in [6.45, 7) is 6.91. The number of aromatic nitrogens is 2. The number of halogens is 1. The lowest BCUT2D eigenvalue weighted by molar-refractivity contribution is -0.00158. The molecule has 0 aliphatic heterocycles. The highest BCUT2D eigenvalue weighted by molar-refractivity contribution is 9.10. The van der Waals surface area contributed by atoms with Crippen molar-refractivity contribution >= 4 is 15.9 Å². The van der Waals surface area contributed by atoms with Gasteiger partial charge in [0.25, 0.3) is 0 Å². The number of rotatable bonds is 3. The Labute approximate surface area is 93.6 Å². The molecule has 0 fully saturated rings. The molecule has 14 heavy (non-hydrogen) atoms. The van der Waals surface area contributed by atoms with Crippen LogP contribution in [0.15, 0.2) is 10.7 Å². The van der Waals surface area contributed by atoms with E-state index in [1.807, 2.05) is 17.9 Å². The summed E-state index contributed by atoms with van der Waals surface area (Å²) in [7, 11) is 1.94. The molecule has 0 amide bonds. The van der Waals surface area contributed by atoms with Crippen LogP contribution in [-0.4, -0.2) is 22.0 Å². The topological polar surface area (TPSA) is 27.1 Å². The Hall–Kier alpha value is -0.350. The van der Waals surface area contributed by atoms with E-state index < -0.39 is 0 Å². The Bertz CT molecular complexity index is 282. The van der Waals surface area contributed by atoms with Gasteiger partial charge in [0.1, 0.15) is 0 Å². The number of hydrogen-bond acceptors (Lipinski definition) is 2. The van der Waals surface area contributed by atoms with Crippen LogP contribution >= 0.6 is 15.9 Å². The van der Waals surface area contributed by atoms with E-state index in [0.29, 0.717) is 0 Å². The van der Waals surface area contributed by atoms with Gasteiger partial charge in [-0.2, -0.15) is 5.10 Å². The third-order valence-corrected chi connectivity index (χ3v) is 2.55. The smallest absolute Gasteiger partial charge is 0.0635 e. The fourth-order valence-corrected chi connectivity index (χ4v) is 1.72. The second-order valence-corrected chi connectivity index (χ2v) is 5.13. The first-order valence-corrected chi connectivity index (χ1v) is 5.50. The first kappa shape index (κ1) is 11.7. The van der Waals surface area contributed by atoms with E-state index in [-0.39, 0.29) is 5.60 Å². The summed E-state index contributed by atoms with van der Waals surface area (Å²) < 4.78 is 8.58. The standard InChI is InChI=1S/C10H17BrN2O/c1-10(2,3)14-6-5-9-8(11)7-12-13(9)4/h7H,5-6H2,1-4H3. The van der Waals surface area contributed by atoms with Crippen LogP contribution in [0.25, 0.3) is 0 Å². The molecule has 0 aromatic carbocycles. The van der Waals surface area contributed by atoms with Crippen molar-refractivity contribution in [2.45, 2.75) is 32.8 Å². The lowest BCUT2D eigenvalue weighted by Crippen LogP contribution is -2.21. The molecule has 1 rings (SSSR count). The van der Waals surface area contributed by atoms with E-state index in [2.05, 4.69) is 41.8 Å². The van der Waals surface area contributed by atoms with E-state index in [1.54, 1.807) is 0 Å². The van der Waals surface area contributed by atoms with Crippen LogP contribution < -0.4 is 0 Å². The average molecular weight is 261 g/mol. The van der Waals surface area contributed by atoms with Crippen LogP contribution in [0.3, 0.4) is 0 Å². The van der Waals surface area contributed by atoms with Gasteiger partial charge in [0.15, 0.2) is 0 Å². The van der Waals surface area contributed by atoms with Crippen molar-refractivity contribution in [3.05, 3.63) is 16.4 Å². The Kier molecular flexibility index (Phi) is 3.72. The predicted molar refractivity (Wildman–Crippen MR) is 60.3 cm³/mol. The minimum atomic E-state index is -0.0644. The van der Waals surface area contributed by atoms with Crippen molar-refractivity contribution in [3.8, 4) is 0 Å². The molecule has 1 heterocycles. The highest BCUT2D eigenvalue weighted by Crippen LogP contribution is 2.16. The van der Waals surface area contributed by atoms with Gasteiger partial charge in [-0.05, 0) is 36.7 Å². The monoisotopic (exact) mass is 260 g/mol. The molecule has 0 atom stereocenters. The van der Waals surface area contributed by atoms with Gasteiger partial charge in [-0.15, -0.1) is 0 Å². The first-order valence-electron chi connectivity index (χ1n) is 4.70. The van der Waals surface area contributed by atoms with E-state index in [4.69, 9.17) is 4.74 Å². The van der Waals surface area contributed by atoms with Gasteiger partial charge in [0.05, 0.1) is 28.6 Å². The van der Waals surface area contributed by atoms with Gasteiger partial charge in [0, 0.05) is 13.5 Å². The second kappa shape index (κ2) is 4.45. The molecule has 0 N–H and O–H groups in total. The maximum Gasteiger partial charge on any atom is 0.0635 e. The molecule has 1 aromatic heterocycles. The number of ether oxygens (including phenoxy) is 1. The SMILES string of the molecule is Cn1ncc(Br)c1CCOC(C)(C)C. The zero-order valence-electron chi connectivity index (χ0n) is 9.17. The van der Waals surface area contributed by atoms with Gasteiger partial charge in [0.2, 0.25) is 0 Å². The molecule has 0 radical (unpaired) electrons. The lowest BCUT2D eigenvalue weighted by atomic mass is 10.2. The fraction of sp³-hybridized carbons (Fsp3) is 0.700. The minimum absolute atomic E-state index is 0.0644. The van der Waals surface area contributed by atoms with Crippen molar-refractivity contribution in [1.29, 1.82) is 0 Å². The van der Waals surface area contributed by atoms with Crippen LogP contribution in [0.4, 0.5) is 0 Å². The van der Waals surface area contributed by atoms with Gasteiger partial charge < -0.3 is 4.74 Å². The van der Waals surface area contributed by atoms with Crippen molar-refractivity contribution in [1.82, 2.24) is 9.78 Å². The molecular weight excluding hydrogens is 244 g/mol. The van der Waals surface area contributed by atoms with E-state index >= 15 is 0 Å². The second-order valence-electron chi connectivity index (χ2n) is 4.27. The summed E-state index contributed by atoms with van der Waals surface area (Å²) in [4.78, 5) is 0. The van der Waals surface area contributed by atoms with Crippen LogP contribution in [0.1, 0.15) is 26.5 Å². The van der Waals surface area contributed by atoms with E-state index in [0.717, 1.165) is 17.5 Å². The molecule has 0 aliphatic rings. The summed E-state index contributed by atoms with van der Waals surface area (Å²) in [5, 5.41) is 4.15. The fourth-order valence-electron chi connectivity index (χ4n) is 1.17. The minimum Gasteiger partial charge on any atom is -0.375 e. The zero-order valence-corrected chi connectivity index (χ0v) is 10.8. The van der Waals surface area contributed by atoms with Crippen molar-refractivity contribution in [2.75, 3.05) is 6.61 Å². The third kappa shape index (κ3) is 3.42. The van der Waals surface area contributed by atoms with Gasteiger partial charge in [-0.3, -0.25) is 4.68 Å². The van der Waals surface area contributed by atoms with Crippen LogP contribution in [0, 0.1) is 0 Å². The van der Waals surface area contributed by atoms with Crippen molar-refractivity contribution in [2.24, 2.45) is 7.05 Å². The molecule has 0 saturated carbocycles. The number of aryl methyl sites for hydroxylation is 1. The summed E-state index contributed by atoms with van der Waals surface area (Å²) in [5.41, 5.74) is 1.11. The van der Waals surface area contributed by atoms with Gasteiger partial charge in [-0.25, -0.2) is 0 Å². The Morgan fingerprint density at radius 2 is 2.14 bits per heavy atom. The molecule has 4 heteroatoms. The molecule has 1 aromatic rings. The maximum atomic E-state index is 5.65. The highest BCUT2D eigenvalue weighted by atomic mass is 79.9. The van der Waals surface area contributed by atoms with E-state index in [9.17, 15) is 0 Å². The molecule has 0 bridgehead atoms. The zero-order chi connectivity index (χ0) is 10.8. The Morgan fingerprint density at radius 1 is 1.50 bits per heavy atom. The van der Waals surface area contributed by atoms with Crippen LogP contribution in [-0.2, 0) is 18.2 Å². The van der Waals surface area contributed by atoms with Gasteiger partial charge >= 0.3 is 0 Å². The molecule has 80 valence electrons. The van der Waals surface area contributed by atoms with Gasteiger partial charge in [-0.1, -0.05) is 0 Å². The summed E-state index contributed by atoms with van der Waals surface area (Å²) in [6.07, 6.45) is 2.70. The van der Waals surface area contributed by atoms with Crippen LogP contribution in [0.5, 0.6) is 0 Å². The quantitative estimate of drug-likeness (QED) is 0.836. The summed E-state index contributed by atoms with van der Waals surface area (Å²) in [6, 6.07) is 0. The largest absolute Gasteiger partial charge is 0.375 e. The van der Waals surface area contributed by atoms with Crippen molar-refractivity contribution < 1.29 is 4.74 Å². The lowest BCUT2D eigenvalue weighted by Gasteiger charge is -2.19. The van der Waals surface area contributed by atoms with E-state index in [1.165, 1.54) is 5.69 Å². The third-order valence-electron chi connectivity index (χ3n) is 1.88. The summed E-state index contributed by atoms with van der Waals surface area (Å²) in [5.74, 6) is 0. The molecule has 3 nitrogen and oxygen atoms in total. The Morgan fingerprint density at radius 3 is 2.57 bits per heavy atom. The summed E-state index contributed by atoms with van der Waals surface area (Å²) >= 11 is 3.46. The normalized spacial score (nSPS) is 12.1. The van der Waals surface area contributed by atoms with Crippen molar-refractivity contribution in [3.63, 3.8) is 0 Å². The highest BCUT2D eigenvalue weighted by Gasteiger charge is 2.11. The molecule has 0 saturated heterocycles. The van der Waals surface area contributed by atoms with Crippen LogP contribution in [0.2, 0.25) is 0 Å². The predicted octanol–water partition coefficient (Wildman–Crippen LogP) is 2.54. The number of nitrogens with zero attached hydrogens (tertiary/aromatic N) is 2.